The first-order valence-corrected chi connectivity index (χ1v) is 6.09. The number of nitrogens with two attached hydrogens (primary N) is 2. The highest BCUT2D eigenvalue weighted by molar-refractivity contribution is 5.46. The summed E-state index contributed by atoms with van der Waals surface area (Å²) in [4.78, 5) is 0. The van der Waals surface area contributed by atoms with E-state index in [1.165, 1.54) is 0 Å². The molecular formula is C15H18N2O2. The van der Waals surface area contributed by atoms with Gasteiger partial charge in [-0.05, 0) is 12.1 Å². The van der Waals surface area contributed by atoms with Gasteiger partial charge in [0.15, 0.2) is 0 Å². The number of hydrogen-bond donors (Lipinski definition) is 2. The van der Waals surface area contributed by atoms with Crippen molar-refractivity contribution < 1.29 is 9.47 Å². The van der Waals surface area contributed by atoms with E-state index < -0.39 is 0 Å². The lowest BCUT2D eigenvalue weighted by molar-refractivity contribution is -0.0686. The fourth-order valence-electron chi connectivity index (χ4n) is 1.69. The summed E-state index contributed by atoms with van der Waals surface area (Å²) >= 11 is 0. The molecule has 4 heteroatoms. The lowest BCUT2D eigenvalue weighted by Crippen LogP contribution is -2.03. The monoisotopic (exact) mass is 258 g/mol. The second-order valence-corrected chi connectivity index (χ2v) is 4.21. The van der Waals surface area contributed by atoms with Crippen LogP contribution >= 0.6 is 0 Å². The van der Waals surface area contributed by atoms with E-state index in [4.69, 9.17) is 20.9 Å². The number of benzene rings is 2. The summed E-state index contributed by atoms with van der Waals surface area (Å²) < 4.78 is 10.8. The molecule has 19 heavy (non-hydrogen) atoms. The standard InChI is InChI=1S/C15H18N2O2/c16-14-7-3-1-5-12(14)9-18-11-19-10-13-6-2-4-8-15(13)17/h1-8H,9-11,16-17H2. The van der Waals surface area contributed by atoms with Gasteiger partial charge in [0, 0.05) is 22.5 Å². The number of ether oxygens (including phenoxy) is 2. The summed E-state index contributed by atoms with van der Waals surface area (Å²) in [6.45, 7) is 1.09. The van der Waals surface area contributed by atoms with Crippen molar-refractivity contribution in [2.45, 2.75) is 13.2 Å². The lowest BCUT2D eigenvalue weighted by Gasteiger charge is -2.09. The van der Waals surface area contributed by atoms with Crippen LogP contribution < -0.4 is 11.5 Å². The predicted molar refractivity (Wildman–Crippen MR) is 76.2 cm³/mol. The van der Waals surface area contributed by atoms with Crippen molar-refractivity contribution in [2.24, 2.45) is 0 Å². The Morgan fingerprint density at radius 3 is 1.53 bits per heavy atom. The Balaban J connectivity index is 1.71. The molecule has 0 bridgehead atoms. The van der Waals surface area contributed by atoms with Crippen molar-refractivity contribution in [2.75, 3.05) is 18.3 Å². The molecule has 2 aromatic rings. The van der Waals surface area contributed by atoms with Gasteiger partial charge in [-0.15, -0.1) is 0 Å². The van der Waals surface area contributed by atoms with Gasteiger partial charge in [0.25, 0.3) is 0 Å². The minimum atomic E-state index is 0.211. The molecule has 0 aromatic heterocycles. The number of rotatable bonds is 6. The van der Waals surface area contributed by atoms with Crippen molar-refractivity contribution in [1.29, 1.82) is 0 Å². The molecule has 0 spiro atoms. The van der Waals surface area contributed by atoms with Gasteiger partial charge in [0.2, 0.25) is 0 Å². The third kappa shape index (κ3) is 3.98. The van der Waals surface area contributed by atoms with Crippen molar-refractivity contribution >= 4 is 11.4 Å². The van der Waals surface area contributed by atoms with Crippen LogP contribution in [0, 0.1) is 0 Å². The van der Waals surface area contributed by atoms with E-state index in [0.29, 0.717) is 13.2 Å². The molecule has 0 unspecified atom stereocenters. The van der Waals surface area contributed by atoms with Crippen LogP contribution in [0.1, 0.15) is 11.1 Å². The second-order valence-electron chi connectivity index (χ2n) is 4.21. The Labute approximate surface area is 112 Å². The highest BCUT2D eigenvalue weighted by Crippen LogP contribution is 2.13. The molecular weight excluding hydrogens is 240 g/mol. The maximum absolute atomic E-state index is 5.81. The molecule has 2 aromatic carbocycles. The van der Waals surface area contributed by atoms with Crippen LogP contribution in [0.2, 0.25) is 0 Å². The molecule has 0 saturated heterocycles. The first kappa shape index (κ1) is 13.4. The van der Waals surface area contributed by atoms with Crippen molar-refractivity contribution in [3.05, 3.63) is 59.7 Å². The molecule has 0 saturated carbocycles. The first-order chi connectivity index (χ1) is 9.27. The van der Waals surface area contributed by atoms with Gasteiger partial charge < -0.3 is 20.9 Å². The topological polar surface area (TPSA) is 70.5 Å². The molecule has 0 aliphatic carbocycles. The summed E-state index contributed by atoms with van der Waals surface area (Å²) in [5.74, 6) is 0. The molecule has 0 radical (unpaired) electrons. The van der Waals surface area contributed by atoms with E-state index in [1.807, 2.05) is 48.5 Å². The lowest BCUT2D eigenvalue weighted by atomic mass is 10.2. The quantitative estimate of drug-likeness (QED) is 0.474. The van der Waals surface area contributed by atoms with Crippen LogP contribution in [0.4, 0.5) is 11.4 Å². The number of anilines is 2. The minimum absolute atomic E-state index is 0.211. The molecule has 0 amide bonds. The summed E-state index contributed by atoms with van der Waals surface area (Å²) in [6, 6.07) is 15.2. The number of para-hydroxylation sites is 2. The van der Waals surface area contributed by atoms with E-state index >= 15 is 0 Å². The highest BCUT2D eigenvalue weighted by atomic mass is 16.7. The average molecular weight is 258 g/mol. The van der Waals surface area contributed by atoms with Crippen LogP contribution in [-0.2, 0) is 22.7 Å². The molecule has 100 valence electrons. The van der Waals surface area contributed by atoms with Gasteiger partial charge in [-0.25, -0.2) is 0 Å². The van der Waals surface area contributed by atoms with Crippen LogP contribution in [0.3, 0.4) is 0 Å². The van der Waals surface area contributed by atoms with E-state index in [9.17, 15) is 0 Å². The fraction of sp³-hybridized carbons (Fsp3) is 0.200. The van der Waals surface area contributed by atoms with Gasteiger partial charge in [-0.2, -0.15) is 0 Å². The predicted octanol–water partition coefficient (Wildman–Crippen LogP) is 2.54. The van der Waals surface area contributed by atoms with Crippen LogP contribution in [0.5, 0.6) is 0 Å². The van der Waals surface area contributed by atoms with Gasteiger partial charge in [-0.3, -0.25) is 0 Å². The maximum Gasteiger partial charge on any atom is 0.147 e. The molecule has 0 fully saturated rings. The van der Waals surface area contributed by atoms with E-state index in [2.05, 4.69) is 0 Å². The summed E-state index contributed by atoms with van der Waals surface area (Å²) in [5.41, 5.74) is 15.0. The van der Waals surface area contributed by atoms with Gasteiger partial charge in [0.05, 0.1) is 13.2 Å². The summed E-state index contributed by atoms with van der Waals surface area (Å²) in [6.07, 6.45) is 0. The molecule has 0 aliphatic heterocycles. The Kier molecular flexibility index (Phi) is 4.78. The summed E-state index contributed by atoms with van der Waals surface area (Å²) in [5, 5.41) is 0. The zero-order valence-corrected chi connectivity index (χ0v) is 10.7. The molecule has 0 atom stereocenters. The maximum atomic E-state index is 5.81. The fourth-order valence-corrected chi connectivity index (χ4v) is 1.69. The van der Waals surface area contributed by atoms with Crippen LogP contribution in [-0.4, -0.2) is 6.79 Å². The molecule has 0 heterocycles. The summed E-state index contributed by atoms with van der Waals surface area (Å²) in [7, 11) is 0. The molecule has 2 rings (SSSR count). The largest absolute Gasteiger partial charge is 0.398 e. The van der Waals surface area contributed by atoms with Crippen molar-refractivity contribution in [3.8, 4) is 0 Å². The van der Waals surface area contributed by atoms with Crippen LogP contribution in [0.15, 0.2) is 48.5 Å². The van der Waals surface area contributed by atoms with Gasteiger partial charge in [-0.1, -0.05) is 36.4 Å². The van der Waals surface area contributed by atoms with E-state index in [1.54, 1.807) is 0 Å². The highest BCUT2D eigenvalue weighted by Gasteiger charge is 1.99. The number of hydrogen-bond acceptors (Lipinski definition) is 4. The molecule has 0 aliphatic rings. The van der Waals surface area contributed by atoms with Gasteiger partial charge >= 0.3 is 0 Å². The zero-order chi connectivity index (χ0) is 13.5. The van der Waals surface area contributed by atoms with Crippen LogP contribution in [0.25, 0.3) is 0 Å². The SMILES string of the molecule is Nc1ccccc1COCOCc1ccccc1N. The minimum Gasteiger partial charge on any atom is -0.398 e. The van der Waals surface area contributed by atoms with Crippen molar-refractivity contribution in [1.82, 2.24) is 0 Å². The van der Waals surface area contributed by atoms with E-state index in [-0.39, 0.29) is 6.79 Å². The second kappa shape index (κ2) is 6.78. The zero-order valence-electron chi connectivity index (χ0n) is 10.7. The average Bonchev–Trinajstić information content (AvgIpc) is 2.42. The Morgan fingerprint density at radius 2 is 1.11 bits per heavy atom. The third-order valence-corrected chi connectivity index (χ3v) is 2.79. The Hall–Kier alpha value is -2.04. The first-order valence-electron chi connectivity index (χ1n) is 6.09. The van der Waals surface area contributed by atoms with E-state index in [0.717, 1.165) is 22.5 Å². The normalized spacial score (nSPS) is 10.5. The van der Waals surface area contributed by atoms with Crippen molar-refractivity contribution in [3.63, 3.8) is 0 Å². The smallest absolute Gasteiger partial charge is 0.147 e. The third-order valence-electron chi connectivity index (χ3n) is 2.79. The number of nitrogen functional groups attached to an aromatic ring is 2. The molecule has 4 N–H and O–H groups in total. The Bertz CT molecular complexity index is 482. The Morgan fingerprint density at radius 1 is 0.684 bits per heavy atom. The molecule has 4 nitrogen and oxygen atoms in total. The van der Waals surface area contributed by atoms with Gasteiger partial charge in [0.1, 0.15) is 6.79 Å².